The number of fused-ring (bicyclic) bond motifs is 3. The lowest BCUT2D eigenvalue weighted by Crippen LogP contribution is -2.53. The molecule has 1 heterocycles. The van der Waals surface area contributed by atoms with Gasteiger partial charge in [-0.1, -0.05) is 78.9 Å². The van der Waals surface area contributed by atoms with Gasteiger partial charge < -0.3 is 10.1 Å². The zero-order valence-electron chi connectivity index (χ0n) is 17.1. The fraction of sp³-hybridized carbons (Fsp3) is 0.269. The van der Waals surface area contributed by atoms with Crippen LogP contribution in [0, 0.1) is 0 Å². The minimum atomic E-state index is -0.237. The Kier molecular flexibility index (Phi) is 5.01. The molecule has 1 aliphatic carbocycles. The summed E-state index contributed by atoms with van der Waals surface area (Å²) in [6.45, 7) is 3.82. The molecule has 1 saturated heterocycles. The molecule has 2 aliphatic rings. The largest absolute Gasteiger partial charge is 0.448 e. The van der Waals surface area contributed by atoms with Crippen LogP contribution in [0.4, 0.5) is 4.79 Å². The average molecular weight is 399 g/mol. The number of benzene rings is 3. The van der Waals surface area contributed by atoms with E-state index in [-0.39, 0.29) is 24.1 Å². The SMILES string of the molecule is C[C@H]1CN(C(=O)OCC2c3ccccc3-c3ccccc32)[C@@H](c2ccccc2)CN1. The zero-order valence-corrected chi connectivity index (χ0v) is 17.1. The van der Waals surface area contributed by atoms with Crippen LogP contribution in [0.3, 0.4) is 0 Å². The molecule has 1 amide bonds. The highest BCUT2D eigenvalue weighted by atomic mass is 16.6. The van der Waals surface area contributed by atoms with Gasteiger partial charge in [0, 0.05) is 25.0 Å². The predicted octanol–water partition coefficient (Wildman–Crippen LogP) is 4.97. The van der Waals surface area contributed by atoms with Gasteiger partial charge >= 0.3 is 6.09 Å². The van der Waals surface area contributed by atoms with Crippen LogP contribution in [-0.2, 0) is 4.74 Å². The molecule has 1 fully saturated rings. The molecule has 4 nitrogen and oxygen atoms in total. The van der Waals surface area contributed by atoms with Crippen molar-refractivity contribution in [2.75, 3.05) is 19.7 Å². The van der Waals surface area contributed by atoms with Crippen molar-refractivity contribution in [1.29, 1.82) is 0 Å². The number of piperazine rings is 1. The first-order valence-electron chi connectivity index (χ1n) is 10.6. The van der Waals surface area contributed by atoms with Crippen molar-refractivity contribution >= 4 is 6.09 Å². The smallest absolute Gasteiger partial charge is 0.410 e. The molecule has 0 radical (unpaired) electrons. The maximum Gasteiger partial charge on any atom is 0.410 e. The molecule has 152 valence electrons. The van der Waals surface area contributed by atoms with Crippen molar-refractivity contribution < 1.29 is 9.53 Å². The van der Waals surface area contributed by atoms with Gasteiger partial charge in [-0.05, 0) is 34.7 Å². The molecule has 0 spiro atoms. The summed E-state index contributed by atoms with van der Waals surface area (Å²) < 4.78 is 5.94. The minimum absolute atomic E-state index is 0.0157. The number of carbonyl (C=O) groups excluding carboxylic acids is 1. The molecule has 0 aromatic heterocycles. The lowest BCUT2D eigenvalue weighted by molar-refractivity contribution is 0.0674. The van der Waals surface area contributed by atoms with Crippen LogP contribution in [0.5, 0.6) is 0 Å². The Hall–Kier alpha value is -3.11. The van der Waals surface area contributed by atoms with Crippen molar-refractivity contribution in [3.8, 4) is 11.1 Å². The molecule has 5 rings (SSSR count). The van der Waals surface area contributed by atoms with Gasteiger partial charge in [-0.25, -0.2) is 4.79 Å². The molecular weight excluding hydrogens is 372 g/mol. The lowest BCUT2D eigenvalue weighted by Gasteiger charge is -2.39. The lowest BCUT2D eigenvalue weighted by atomic mass is 9.98. The zero-order chi connectivity index (χ0) is 20.5. The van der Waals surface area contributed by atoms with Crippen molar-refractivity contribution in [1.82, 2.24) is 10.2 Å². The van der Waals surface area contributed by atoms with E-state index in [1.165, 1.54) is 22.3 Å². The summed E-state index contributed by atoms with van der Waals surface area (Å²) in [5, 5.41) is 3.49. The number of nitrogens with one attached hydrogen (secondary N) is 1. The number of amides is 1. The second kappa shape index (κ2) is 7.96. The average Bonchev–Trinajstić information content (AvgIpc) is 3.12. The molecule has 1 N–H and O–H groups in total. The van der Waals surface area contributed by atoms with Crippen LogP contribution in [0.2, 0.25) is 0 Å². The van der Waals surface area contributed by atoms with E-state index in [1.54, 1.807) is 0 Å². The summed E-state index contributed by atoms with van der Waals surface area (Å²) in [5.74, 6) is 0.0804. The van der Waals surface area contributed by atoms with E-state index < -0.39 is 0 Å². The van der Waals surface area contributed by atoms with Gasteiger partial charge in [-0.2, -0.15) is 0 Å². The second-order valence-corrected chi connectivity index (χ2v) is 8.19. The topological polar surface area (TPSA) is 41.6 Å². The second-order valence-electron chi connectivity index (χ2n) is 8.19. The minimum Gasteiger partial charge on any atom is -0.448 e. The van der Waals surface area contributed by atoms with Gasteiger partial charge in [-0.3, -0.25) is 4.90 Å². The number of hydrogen-bond donors (Lipinski definition) is 1. The van der Waals surface area contributed by atoms with E-state index in [0.717, 1.165) is 12.1 Å². The summed E-state index contributed by atoms with van der Waals surface area (Å²) in [7, 11) is 0. The highest BCUT2D eigenvalue weighted by Crippen LogP contribution is 2.44. The molecule has 3 aromatic carbocycles. The monoisotopic (exact) mass is 398 g/mol. The molecule has 30 heavy (non-hydrogen) atoms. The summed E-state index contributed by atoms with van der Waals surface area (Å²) in [6.07, 6.45) is -0.237. The number of nitrogens with zero attached hydrogens (tertiary/aromatic N) is 1. The van der Waals surface area contributed by atoms with E-state index >= 15 is 0 Å². The standard InChI is InChI=1S/C26H26N2O2/c1-18-16-28(25(15-27-18)19-9-3-2-4-10-19)26(29)30-17-24-22-13-7-5-11-20(22)21-12-6-8-14-23(21)24/h2-14,18,24-25,27H,15-17H2,1H3/t18-,25+/m0/s1. The normalized spacial score (nSPS) is 20.5. The van der Waals surface area contributed by atoms with Crippen molar-refractivity contribution in [2.24, 2.45) is 0 Å². The van der Waals surface area contributed by atoms with Crippen molar-refractivity contribution in [3.05, 3.63) is 95.6 Å². The van der Waals surface area contributed by atoms with E-state index in [0.29, 0.717) is 13.2 Å². The number of hydrogen-bond acceptors (Lipinski definition) is 3. The Morgan fingerprint density at radius 2 is 1.53 bits per heavy atom. The third kappa shape index (κ3) is 3.37. The molecule has 4 heteroatoms. The molecule has 1 aliphatic heterocycles. The first kappa shape index (κ1) is 18.9. The Bertz CT molecular complexity index is 1000. The van der Waals surface area contributed by atoms with Crippen LogP contribution in [0.15, 0.2) is 78.9 Å². The van der Waals surface area contributed by atoms with Gasteiger partial charge in [0.05, 0.1) is 6.04 Å². The van der Waals surface area contributed by atoms with Crippen molar-refractivity contribution in [2.45, 2.75) is 24.9 Å². The maximum atomic E-state index is 13.2. The highest BCUT2D eigenvalue weighted by molar-refractivity contribution is 5.79. The van der Waals surface area contributed by atoms with Crippen LogP contribution < -0.4 is 5.32 Å². The van der Waals surface area contributed by atoms with E-state index in [9.17, 15) is 4.79 Å². The third-order valence-corrected chi connectivity index (χ3v) is 6.26. The van der Waals surface area contributed by atoms with Gasteiger partial charge in [0.25, 0.3) is 0 Å². The Labute approximate surface area is 177 Å². The fourth-order valence-electron chi connectivity index (χ4n) is 4.76. The molecule has 2 atom stereocenters. The van der Waals surface area contributed by atoms with Crippen molar-refractivity contribution in [3.63, 3.8) is 0 Å². The predicted molar refractivity (Wildman–Crippen MR) is 118 cm³/mol. The molecule has 0 saturated carbocycles. The first-order valence-corrected chi connectivity index (χ1v) is 10.6. The first-order chi connectivity index (χ1) is 14.7. The molecule has 0 bridgehead atoms. The summed E-state index contributed by atoms with van der Waals surface area (Å²) >= 11 is 0. The van der Waals surface area contributed by atoms with Gasteiger partial charge in [-0.15, -0.1) is 0 Å². The van der Waals surface area contributed by atoms with Gasteiger partial charge in [0.1, 0.15) is 6.61 Å². The fourth-order valence-corrected chi connectivity index (χ4v) is 4.76. The van der Waals surface area contributed by atoms with Crippen LogP contribution in [-0.4, -0.2) is 36.7 Å². The van der Waals surface area contributed by atoms with Gasteiger partial charge in [0.2, 0.25) is 0 Å². The summed E-state index contributed by atoms with van der Waals surface area (Å²) in [4.78, 5) is 15.1. The summed E-state index contributed by atoms with van der Waals surface area (Å²) in [5.41, 5.74) is 6.09. The molecule has 3 aromatic rings. The van der Waals surface area contributed by atoms with E-state index in [4.69, 9.17) is 4.74 Å². The van der Waals surface area contributed by atoms with E-state index in [1.807, 2.05) is 23.1 Å². The Morgan fingerprint density at radius 1 is 0.933 bits per heavy atom. The van der Waals surface area contributed by atoms with E-state index in [2.05, 4.69) is 72.9 Å². The Balaban J connectivity index is 1.36. The van der Waals surface area contributed by atoms with Crippen LogP contribution >= 0.6 is 0 Å². The van der Waals surface area contributed by atoms with Crippen LogP contribution in [0.1, 0.15) is 35.6 Å². The van der Waals surface area contributed by atoms with Gasteiger partial charge in [0.15, 0.2) is 0 Å². The number of carbonyl (C=O) groups is 1. The third-order valence-electron chi connectivity index (χ3n) is 6.26. The quantitative estimate of drug-likeness (QED) is 0.677. The highest BCUT2D eigenvalue weighted by Gasteiger charge is 2.34. The Morgan fingerprint density at radius 3 is 2.20 bits per heavy atom. The molecular formula is C26H26N2O2. The summed E-state index contributed by atoms with van der Waals surface area (Å²) in [6, 6.07) is 27.3. The molecule has 0 unspecified atom stereocenters. The van der Waals surface area contributed by atoms with Crippen LogP contribution in [0.25, 0.3) is 11.1 Å². The number of ether oxygens (including phenoxy) is 1. The maximum absolute atomic E-state index is 13.2. The number of rotatable bonds is 3.